The molecule has 268 valence electrons. The minimum absolute atomic E-state index is 0.757. The highest BCUT2D eigenvalue weighted by Gasteiger charge is 2.19. The second-order valence-corrected chi connectivity index (χ2v) is 14.1. The van der Waals surface area contributed by atoms with Crippen molar-refractivity contribution in [2.75, 3.05) is 4.90 Å². The zero-order valence-electron chi connectivity index (χ0n) is 31.3. The smallest absolute Gasteiger partial charge is 0.138 e. The predicted octanol–water partition coefficient (Wildman–Crippen LogP) is 15.0. The van der Waals surface area contributed by atoms with Crippen LogP contribution in [0.15, 0.2) is 224 Å². The lowest BCUT2D eigenvalue weighted by Crippen LogP contribution is -2.16. The van der Waals surface area contributed by atoms with Crippen molar-refractivity contribution in [1.29, 1.82) is 0 Å². The first-order valence-electron chi connectivity index (χ1n) is 19.2. The maximum Gasteiger partial charge on any atom is 0.138 e. The molecule has 0 radical (unpaired) electrons. The number of hydrogen-bond donors (Lipinski definition) is 0. The number of fused-ring (bicyclic) bond motifs is 1. The Balaban J connectivity index is 1.12. The van der Waals surface area contributed by atoms with Crippen molar-refractivity contribution >= 4 is 27.7 Å². The lowest BCUT2D eigenvalue weighted by Gasteiger charge is -2.29. The lowest BCUT2D eigenvalue weighted by atomic mass is 9.91. The Morgan fingerprint density at radius 3 is 1.89 bits per heavy atom. The summed E-state index contributed by atoms with van der Waals surface area (Å²) in [6, 6.07) is 68.8. The van der Waals surface area contributed by atoms with Crippen molar-refractivity contribution in [1.82, 2.24) is 0 Å². The fourth-order valence-corrected chi connectivity index (χ4v) is 7.70. The van der Waals surface area contributed by atoms with Gasteiger partial charge in [-0.05, 0) is 99.3 Å². The van der Waals surface area contributed by atoms with Gasteiger partial charge in [-0.1, -0.05) is 176 Å². The summed E-state index contributed by atoms with van der Waals surface area (Å²) in [5, 5.41) is 2.42. The Kier molecular flexibility index (Phi) is 9.68. The van der Waals surface area contributed by atoms with Crippen LogP contribution in [0.25, 0.3) is 49.7 Å². The largest absolute Gasteiger partial charge is 0.456 e. The van der Waals surface area contributed by atoms with Crippen molar-refractivity contribution < 1.29 is 4.74 Å². The Morgan fingerprint density at radius 1 is 0.482 bits per heavy atom. The normalized spacial score (nSPS) is 12.4. The molecule has 0 spiro atoms. The van der Waals surface area contributed by atoms with Gasteiger partial charge in [0.15, 0.2) is 0 Å². The summed E-state index contributed by atoms with van der Waals surface area (Å²) < 4.78 is 6.50. The molecule has 0 saturated carbocycles. The van der Waals surface area contributed by atoms with Crippen molar-refractivity contribution in [3.63, 3.8) is 0 Å². The minimum Gasteiger partial charge on any atom is -0.456 e. The second-order valence-electron chi connectivity index (χ2n) is 14.1. The molecule has 0 amide bonds. The van der Waals surface area contributed by atoms with Crippen LogP contribution in [0.2, 0.25) is 0 Å². The van der Waals surface area contributed by atoms with E-state index in [-0.39, 0.29) is 0 Å². The topological polar surface area (TPSA) is 12.5 Å². The molecule has 0 aliphatic heterocycles. The van der Waals surface area contributed by atoms with Crippen LogP contribution in [0.5, 0.6) is 11.5 Å². The van der Waals surface area contributed by atoms with E-state index in [0.717, 1.165) is 46.0 Å². The van der Waals surface area contributed by atoms with E-state index in [1.807, 2.05) is 30.3 Å². The van der Waals surface area contributed by atoms with Gasteiger partial charge in [0.25, 0.3) is 0 Å². The third-order valence-electron chi connectivity index (χ3n) is 10.5. The molecule has 0 fully saturated rings. The Labute approximate surface area is 329 Å². The van der Waals surface area contributed by atoms with Gasteiger partial charge >= 0.3 is 0 Å². The van der Waals surface area contributed by atoms with Crippen LogP contribution in [0.4, 0.5) is 11.4 Å². The van der Waals surface area contributed by atoms with Gasteiger partial charge in [0.2, 0.25) is 0 Å². The van der Waals surface area contributed by atoms with Gasteiger partial charge in [0.05, 0.1) is 5.69 Å². The van der Waals surface area contributed by atoms with Crippen LogP contribution < -0.4 is 9.64 Å². The number of hydrogen-bond acceptors (Lipinski definition) is 2. The number of aryl methyl sites for hydroxylation is 1. The van der Waals surface area contributed by atoms with Crippen molar-refractivity contribution in [3.05, 3.63) is 235 Å². The summed E-state index contributed by atoms with van der Waals surface area (Å²) in [7, 11) is 0. The van der Waals surface area contributed by atoms with Crippen molar-refractivity contribution in [2.24, 2.45) is 0 Å². The average molecular weight is 720 g/mol. The van der Waals surface area contributed by atoms with E-state index < -0.39 is 0 Å². The molecule has 56 heavy (non-hydrogen) atoms. The van der Waals surface area contributed by atoms with Gasteiger partial charge in [-0.2, -0.15) is 0 Å². The average Bonchev–Trinajstić information content (AvgIpc) is 3.52. The van der Waals surface area contributed by atoms with Crippen LogP contribution in [0.3, 0.4) is 0 Å². The molecule has 0 bridgehead atoms. The fourth-order valence-electron chi connectivity index (χ4n) is 7.70. The van der Waals surface area contributed by atoms with E-state index in [0.29, 0.717) is 0 Å². The molecule has 0 atom stereocenters. The molecule has 2 nitrogen and oxygen atoms in total. The highest BCUT2D eigenvalue weighted by molar-refractivity contribution is 5.97. The predicted molar refractivity (Wildman–Crippen MR) is 236 cm³/mol. The van der Waals surface area contributed by atoms with Crippen molar-refractivity contribution in [3.8, 4) is 44.9 Å². The molecule has 0 N–H and O–H groups in total. The number of anilines is 2. The summed E-state index contributed by atoms with van der Waals surface area (Å²) in [6.45, 7) is 2.11. The van der Waals surface area contributed by atoms with Crippen molar-refractivity contribution in [2.45, 2.75) is 13.3 Å². The standard InChI is InChI=1S/C54H41NO/c1-39-16-13-28-51(54(39)56-48-25-9-4-10-26-48)44-22-14-24-46(36-32-44)55(53-29-15-23-42-21-11-12-27-50(42)53)47-34-30-40(31-35-47)45-33-37-49(41-17-5-2-6-18-41)52(38-45)43-19-7-3-8-20-43/h2-23,25-38H,24H2,1H3. The monoisotopic (exact) mass is 719 g/mol. The van der Waals surface area contributed by atoms with E-state index in [9.17, 15) is 0 Å². The van der Waals surface area contributed by atoms with E-state index in [2.05, 4.69) is 200 Å². The zero-order chi connectivity index (χ0) is 37.7. The molecule has 2 heteroatoms. The SMILES string of the molecule is Cc1cccc(C2=CC=C(N(c3ccc(-c4ccc(-c5ccccc5)c(-c5ccccc5)c4)cc3)c3cccc4ccccc34)CC=C2)c1Oc1ccccc1. The van der Waals surface area contributed by atoms with E-state index in [4.69, 9.17) is 4.74 Å². The Hall–Kier alpha value is -7.16. The van der Waals surface area contributed by atoms with E-state index >= 15 is 0 Å². The number of ether oxygens (including phenoxy) is 1. The molecule has 8 aromatic rings. The summed E-state index contributed by atoms with van der Waals surface area (Å²) in [5.41, 5.74) is 13.9. The number of para-hydroxylation sites is 2. The Morgan fingerprint density at radius 2 is 1.12 bits per heavy atom. The highest BCUT2D eigenvalue weighted by Crippen LogP contribution is 2.41. The first-order chi connectivity index (χ1) is 27.7. The summed E-state index contributed by atoms with van der Waals surface area (Å²) >= 11 is 0. The third kappa shape index (κ3) is 7.09. The Bertz CT molecular complexity index is 2720. The van der Waals surface area contributed by atoms with Gasteiger partial charge in [0, 0.05) is 28.8 Å². The fraction of sp³-hybridized carbons (Fsp3) is 0.0370. The molecule has 0 saturated heterocycles. The minimum atomic E-state index is 0.757. The summed E-state index contributed by atoms with van der Waals surface area (Å²) in [4.78, 5) is 2.42. The van der Waals surface area contributed by atoms with Gasteiger partial charge in [-0.15, -0.1) is 0 Å². The number of allylic oxidation sites excluding steroid dienone is 5. The van der Waals surface area contributed by atoms with Gasteiger partial charge in [0.1, 0.15) is 11.5 Å². The van der Waals surface area contributed by atoms with Crippen LogP contribution in [-0.2, 0) is 0 Å². The van der Waals surface area contributed by atoms with Crippen LogP contribution in [0, 0.1) is 6.92 Å². The van der Waals surface area contributed by atoms with Crippen LogP contribution in [-0.4, -0.2) is 0 Å². The molecule has 0 unspecified atom stereocenters. The second kappa shape index (κ2) is 15.7. The van der Waals surface area contributed by atoms with Crippen LogP contribution in [0.1, 0.15) is 17.5 Å². The number of benzene rings is 8. The van der Waals surface area contributed by atoms with E-state index in [1.54, 1.807) is 0 Å². The maximum atomic E-state index is 6.50. The molecule has 0 aromatic heterocycles. The molecule has 1 aliphatic rings. The first kappa shape index (κ1) is 34.6. The first-order valence-corrected chi connectivity index (χ1v) is 19.2. The van der Waals surface area contributed by atoms with Gasteiger partial charge in [-0.3, -0.25) is 0 Å². The quantitative estimate of drug-likeness (QED) is 0.147. The molecule has 0 heterocycles. The summed E-state index contributed by atoms with van der Waals surface area (Å²) in [5.74, 6) is 1.70. The maximum absolute atomic E-state index is 6.50. The zero-order valence-corrected chi connectivity index (χ0v) is 31.3. The van der Waals surface area contributed by atoms with E-state index in [1.165, 1.54) is 49.9 Å². The number of rotatable bonds is 9. The summed E-state index contributed by atoms with van der Waals surface area (Å²) in [6.07, 6.45) is 9.76. The van der Waals surface area contributed by atoms with Gasteiger partial charge < -0.3 is 9.64 Å². The number of nitrogens with zero attached hydrogens (tertiary/aromatic N) is 1. The molecule has 9 rings (SSSR count). The van der Waals surface area contributed by atoms with Gasteiger partial charge in [-0.25, -0.2) is 0 Å². The van der Waals surface area contributed by atoms with Crippen LogP contribution >= 0.6 is 0 Å². The lowest BCUT2D eigenvalue weighted by molar-refractivity contribution is 0.477. The molecular formula is C54H41NO. The molecular weight excluding hydrogens is 679 g/mol. The molecule has 8 aromatic carbocycles. The third-order valence-corrected chi connectivity index (χ3v) is 10.5. The highest BCUT2D eigenvalue weighted by atomic mass is 16.5. The molecule has 1 aliphatic carbocycles.